The van der Waals surface area contributed by atoms with Gasteiger partial charge in [0, 0.05) is 119 Å². The van der Waals surface area contributed by atoms with Crippen molar-refractivity contribution in [2.45, 2.75) is 205 Å². The highest BCUT2D eigenvalue weighted by Crippen LogP contribution is 2.25. The predicted octanol–water partition coefficient (Wildman–Crippen LogP) is 0.975. The number of carbonyl (C=O) groups excluding carboxylic acids is 14. The monoisotopic (exact) mass is 1820 g/mol. The number of urea groups is 2. The number of anilines is 1. The number of aliphatic hydroxyl groups excluding tert-OH is 3. The zero-order valence-electron chi connectivity index (χ0n) is 74.6. The molecule has 2 aliphatic heterocycles. The Bertz CT molecular complexity index is 4800. The van der Waals surface area contributed by atoms with Crippen molar-refractivity contribution in [3.63, 3.8) is 0 Å². The third-order valence-electron chi connectivity index (χ3n) is 22.2. The van der Waals surface area contributed by atoms with Crippen LogP contribution in [0.4, 0.5) is 15.3 Å². The number of amides is 16. The molecule has 11 atom stereocenters. The van der Waals surface area contributed by atoms with Gasteiger partial charge < -0.3 is 111 Å². The molecule has 1 aromatic heterocycles. The molecule has 2 fully saturated rings. The lowest BCUT2D eigenvalue weighted by Crippen LogP contribution is -2.62. The number of aromatic nitrogens is 1. The highest BCUT2D eigenvalue weighted by molar-refractivity contribution is 6.30. The maximum absolute atomic E-state index is 15.7. The molecule has 38 heteroatoms. The molecule has 37 nitrogen and oxygen atoms in total. The first-order valence-electron chi connectivity index (χ1n) is 43.9. The second-order valence-corrected chi connectivity index (χ2v) is 34.6. The van der Waals surface area contributed by atoms with E-state index < -0.39 is 168 Å². The summed E-state index contributed by atoms with van der Waals surface area (Å²) in [6, 6.07) is 20.1. The summed E-state index contributed by atoms with van der Waals surface area (Å²) in [5.41, 5.74) is 13.6. The molecular weight excluding hydrogens is 1690 g/mol. The van der Waals surface area contributed by atoms with Crippen LogP contribution in [-0.4, -0.2) is 258 Å². The van der Waals surface area contributed by atoms with Gasteiger partial charge in [-0.05, 0) is 132 Å². The van der Waals surface area contributed by atoms with Gasteiger partial charge in [0.25, 0.3) is 0 Å². The number of hydrogen-bond acceptors (Lipinski definition) is 21. The minimum absolute atomic E-state index is 0.0153. The highest BCUT2D eigenvalue weighted by Gasteiger charge is 2.41. The summed E-state index contributed by atoms with van der Waals surface area (Å²) in [7, 11) is 0. The Kier molecular flexibility index (Phi) is 41.1. The normalized spacial score (nSPS) is 15.7. The first kappa shape index (κ1) is 103. The van der Waals surface area contributed by atoms with Crippen LogP contribution in [-0.2, 0) is 101 Å². The van der Waals surface area contributed by atoms with E-state index in [1.165, 1.54) is 50.2 Å². The van der Waals surface area contributed by atoms with Crippen molar-refractivity contribution < 1.29 is 87.2 Å². The standard InChI is InChI=1S/C92H126ClN19O18/c1-55(2)44-69(80(118)103-68(17-10-11-35-97-56(3)4)89(127)112-39-13-18-76(112)87(125)101-57(5)79(94)117)104-81(119)71(48-60-26-31-67(32-27-60)102-91(129)100-38-37-98-77(115)33-36-99-88(126)78(116)92(6,7)54-114)105-83(121)72(46-58-19-21-61(22-20-58)52-111-40-42-130-43-41-111)108-86(124)75(53-113)109-84(122)73(50-63-14-12-34-96-51-63)107-82(120)70(47-59-24-29-66(93)30-25-59)106-85(123)74(110-90(95)128)49-62-23-28-64-15-8-9-16-65(64)45-62/h8-9,12,14-16,19-32,34,45,51,55-57,68-76,78,97,113-114,116H,10-11,13,17-18,33,35-44,46-50,52-54H2,1-7H3,(H2,94,117)(H,98,115)(H,99,126)(H,101,125)(H,103,118)(H,104,119)(H,105,121)(H,106,123)(H,107,120)(H,108,124)(H,109,122)(H3,95,110,128)(H2,100,102,129)/t57-,68+,69+,70-,71-,72+,73-,74-,75+,76+,78?/m1/s1. The van der Waals surface area contributed by atoms with Crippen LogP contribution in [0, 0.1) is 11.3 Å². The van der Waals surface area contributed by atoms with E-state index >= 15 is 28.8 Å². The summed E-state index contributed by atoms with van der Waals surface area (Å²) in [6.45, 7) is 14.0. The molecule has 2 saturated heterocycles. The van der Waals surface area contributed by atoms with Crippen molar-refractivity contribution in [1.29, 1.82) is 0 Å². The van der Waals surface area contributed by atoms with E-state index in [1.54, 1.807) is 80.6 Å². The lowest BCUT2D eigenvalue weighted by Gasteiger charge is -2.31. The first-order chi connectivity index (χ1) is 62.0. The van der Waals surface area contributed by atoms with Crippen LogP contribution in [0.15, 0.2) is 140 Å². The maximum atomic E-state index is 15.7. The van der Waals surface area contributed by atoms with Crippen LogP contribution >= 0.6 is 11.6 Å². The first-order valence-corrected chi connectivity index (χ1v) is 44.3. The van der Waals surface area contributed by atoms with Gasteiger partial charge in [-0.3, -0.25) is 67.4 Å². The van der Waals surface area contributed by atoms with Crippen LogP contribution in [0.3, 0.4) is 0 Å². The number of nitrogens with two attached hydrogens (primary N) is 2. The molecule has 8 rings (SSSR count). The molecule has 0 aliphatic carbocycles. The molecule has 0 bridgehead atoms. The lowest BCUT2D eigenvalue weighted by molar-refractivity contribution is -0.142. The average Bonchev–Trinajstić information content (AvgIpc) is 1.68. The Labute approximate surface area is 761 Å². The van der Waals surface area contributed by atoms with Gasteiger partial charge in [0.05, 0.1) is 26.4 Å². The summed E-state index contributed by atoms with van der Waals surface area (Å²) in [5, 5.41) is 71.4. The summed E-state index contributed by atoms with van der Waals surface area (Å²) >= 11 is 6.29. The van der Waals surface area contributed by atoms with Crippen LogP contribution in [0.1, 0.15) is 127 Å². The Balaban J connectivity index is 1.08. The van der Waals surface area contributed by atoms with Crippen molar-refractivity contribution in [2.24, 2.45) is 22.8 Å². The van der Waals surface area contributed by atoms with E-state index in [0.717, 1.165) is 16.3 Å². The van der Waals surface area contributed by atoms with Crippen molar-refractivity contribution in [2.75, 3.05) is 77.6 Å². The number of carbonyl (C=O) groups is 14. The van der Waals surface area contributed by atoms with Crippen LogP contribution in [0.25, 0.3) is 10.8 Å². The number of fused-ring (bicyclic) bond motifs is 1. The third-order valence-corrected chi connectivity index (χ3v) is 22.5. The Morgan fingerprint density at radius 2 is 1.03 bits per heavy atom. The van der Waals surface area contributed by atoms with Crippen LogP contribution in [0.2, 0.25) is 5.02 Å². The van der Waals surface area contributed by atoms with Crippen molar-refractivity contribution in [3.05, 3.63) is 178 Å². The van der Waals surface area contributed by atoms with Gasteiger partial charge in [-0.25, -0.2) is 9.59 Å². The zero-order valence-corrected chi connectivity index (χ0v) is 75.4. The van der Waals surface area contributed by atoms with Gasteiger partial charge in [-0.2, -0.15) is 0 Å². The number of aliphatic hydroxyl groups is 3. The van der Waals surface area contributed by atoms with E-state index in [9.17, 15) is 53.7 Å². The second-order valence-electron chi connectivity index (χ2n) is 34.1. The summed E-state index contributed by atoms with van der Waals surface area (Å²) in [5.74, 6) is -10.1. The molecule has 0 spiro atoms. The van der Waals surface area contributed by atoms with Gasteiger partial charge in [0.15, 0.2) is 0 Å². The number of pyridine rings is 1. The van der Waals surface area contributed by atoms with Crippen LogP contribution < -0.4 is 85.9 Å². The van der Waals surface area contributed by atoms with E-state index in [4.69, 9.17) is 27.8 Å². The smallest absolute Gasteiger partial charge is 0.319 e. The minimum atomic E-state index is -1.88. The molecule has 0 saturated carbocycles. The molecule has 16 amide bonds. The van der Waals surface area contributed by atoms with Crippen molar-refractivity contribution in [1.82, 2.24) is 83.9 Å². The molecule has 21 N–H and O–H groups in total. The number of ether oxygens (including phenoxy) is 1. The zero-order chi connectivity index (χ0) is 94.6. The van der Waals surface area contributed by atoms with Crippen molar-refractivity contribution in [3.8, 4) is 0 Å². The fourth-order valence-corrected chi connectivity index (χ4v) is 14.8. The number of benzene rings is 5. The predicted molar refractivity (Wildman–Crippen MR) is 487 cm³/mol. The number of unbranched alkanes of at least 4 members (excludes halogenated alkanes) is 1. The topological polar surface area (TPSA) is 549 Å². The number of morpholine rings is 1. The molecule has 6 aromatic rings. The van der Waals surface area contributed by atoms with E-state index in [1.807, 2.05) is 62.4 Å². The Morgan fingerprint density at radius 1 is 0.523 bits per heavy atom. The second kappa shape index (κ2) is 51.8. The molecule has 1 unspecified atom stereocenters. The fourth-order valence-electron chi connectivity index (χ4n) is 14.7. The van der Waals surface area contributed by atoms with E-state index in [-0.39, 0.29) is 102 Å². The number of rotatable bonds is 50. The number of primary amides is 2. The quantitative estimate of drug-likeness (QED) is 0.0237. The van der Waals surface area contributed by atoms with Gasteiger partial charge >= 0.3 is 12.1 Å². The van der Waals surface area contributed by atoms with E-state index in [0.29, 0.717) is 91.5 Å². The molecule has 704 valence electrons. The summed E-state index contributed by atoms with van der Waals surface area (Å²) < 4.78 is 5.57. The SMILES string of the molecule is CC(C)C[C@H](NC(=O)[C@@H](Cc1ccc(NC(=O)NCCNC(=O)CCNC(=O)C(O)C(C)(C)CO)cc1)NC(=O)[C@H](Cc1ccc(CN2CCOCC2)cc1)NC(=O)[C@H](CO)NC(=O)[C@@H](Cc1cccnc1)NC(=O)[C@@H](Cc1ccc(Cl)cc1)NC(=O)[C@@H](Cc1ccc2ccccc2c1)NC(N)=O)C(=O)N[C@@H](CCCCNC(C)C)C(=O)N1CCC[C@H]1C(=O)N[C@H](C)C(N)=O. The van der Waals surface area contributed by atoms with Crippen LogP contribution in [0.5, 0.6) is 0 Å². The maximum Gasteiger partial charge on any atom is 0.319 e. The lowest BCUT2D eigenvalue weighted by atomic mass is 9.87. The molecular formula is C92H126ClN19O18. The Hall–Kier alpha value is -12.3. The van der Waals surface area contributed by atoms with E-state index in [2.05, 4.69) is 84.3 Å². The van der Waals surface area contributed by atoms with Gasteiger partial charge in [-0.15, -0.1) is 0 Å². The van der Waals surface area contributed by atoms with Gasteiger partial charge in [-0.1, -0.05) is 150 Å². The highest BCUT2D eigenvalue weighted by atomic mass is 35.5. The average molecular weight is 1820 g/mol. The molecule has 3 heterocycles. The van der Waals surface area contributed by atoms with Crippen molar-refractivity contribution >= 4 is 111 Å². The van der Waals surface area contributed by atoms with Gasteiger partial charge in [0.1, 0.15) is 66.5 Å². The molecule has 0 radical (unpaired) electrons. The number of likely N-dealkylation sites (tertiary alicyclic amines) is 1. The third kappa shape index (κ3) is 34.0. The Morgan fingerprint density at radius 3 is 1.58 bits per heavy atom. The fraction of sp³-hybridized carbons (Fsp3) is 0.489. The van der Waals surface area contributed by atoms with Gasteiger partial charge in [0.2, 0.25) is 70.9 Å². The number of halogens is 1. The molecule has 5 aromatic carbocycles. The summed E-state index contributed by atoms with van der Waals surface area (Å²) in [6.07, 6.45) is 1.86. The summed E-state index contributed by atoms with van der Waals surface area (Å²) in [4.78, 5) is 205. The number of hydrogen-bond donors (Lipinski definition) is 19. The molecule has 130 heavy (non-hydrogen) atoms. The number of nitrogens with zero attached hydrogens (tertiary/aromatic N) is 3. The molecule has 2 aliphatic rings. The largest absolute Gasteiger partial charge is 0.396 e. The minimum Gasteiger partial charge on any atom is -0.396 e. The number of nitrogens with one attached hydrogen (secondary N) is 14.